The number of rotatable bonds is 6. The number of pyridine rings is 1. The van der Waals surface area contributed by atoms with Crippen LogP contribution in [0.4, 0.5) is 5.69 Å². The van der Waals surface area contributed by atoms with E-state index >= 15 is 0 Å². The van der Waals surface area contributed by atoms with E-state index in [4.69, 9.17) is 0 Å². The van der Waals surface area contributed by atoms with Crippen molar-refractivity contribution in [3.8, 4) is 0 Å². The number of amides is 1. The molecule has 110 valence electrons. The average molecular weight is 279 g/mol. The molecule has 0 aliphatic rings. The van der Waals surface area contributed by atoms with Crippen LogP contribution >= 0.6 is 0 Å². The molecule has 20 heavy (non-hydrogen) atoms. The number of hydrogen-bond acceptors (Lipinski definition) is 4. The normalized spacial score (nSPS) is 12.1. The zero-order chi connectivity index (χ0) is 15.3. The highest BCUT2D eigenvalue weighted by molar-refractivity contribution is 5.92. The molecule has 1 unspecified atom stereocenters. The van der Waals surface area contributed by atoms with E-state index < -0.39 is 12.0 Å². The monoisotopic (exact) mass is 279 g/mol. The zero-order valence-electron chi connectivity index (χ0n) is 12.3. The van der Waals surface area contributed by atoms with E-state index in [-0.39, 0.29) is 17.5 Å². The first-order valence-electron chi connectivity index (χ1n) is 6.48. The van der Waals surface area contributed by atoms with E-state index in [1.165, 1.54) is 11.1 Å². The van der Waals surface area contributed by atoms with Gasteiger partial charge in [0.25, 0.3) is 5.91 Å². The lowest BCUT2D eigenvalue weighted by Gasteiger charge is -2.18. The van der Waals surface area contributed by atoms with Crippen LogP contribution in [0.15, 0.2) is 18.3 Å². The number of anilines is 1. The molecule has 6 heteroatoms. The molecule has 1 rings (SSSR count). The quantitative estimate of drug-likeness (QED) is 0.828. The highest BCUT2D eigenvalue weighted by Gasteiger charge is 2.19. The number of hydrogen-bond donors (Lipinski definition) is 2. The summed E-state index contributed by atoms with van der Waals surface area (Å²) in [5.41, 5.74) is 0.868. The fourth-order valence-electron chi connectivity index (χ4n) is 1.76. The fraction of sp³-hybridized carbons (Fsp3) is 0.500. The van der Waals surface area contributed by atoms with Crippen LogP contribution in [0.3, 0.4) is 0 Å². The number of aromatic nitrogens is 1. The third-order valence-corrected chi connectivity index (χ3v) is 2.73. The van der Waals surface area contributed by atoms with Gasteiger partial charge in [-0.25, -0.2) is 4.79 Å². The van der Waals surface area contributed by atoms with Crippen molar-refractivity contribution in [3.05, 3.63) is 24.0 Å². The molecule has 6 nitrogen and oxygen atoms in total. The van der Waals surface area contributed by atoms with Crippen molar-refractivity contribution in [2.45, 2.75) is 26.3 Å². The molecule has 1 amide bonds. The maximum Gasteiger partial charge on any atom is 0.326 e. The SMILES string of the molecule is CC(C)CC(Nc1ccnc(C(=O)N(C)C)c1)C(=O)O. The zero-order valence-corrected chi connectivity index (χ0v) is 12.3. The Kier molecular flexibility index (Phi) is 5.49. The third-order valence-electron chi connectivity index (χ3n) is 2.73. The van der Waals surface area contributed by atoms with Crippen molar-refractivity contribution in [2.75, 3.05) is 19.4 Å². The van der Waals surface area contributed by atoms with Gasteiger partial charge in [0, 0.05) is 26.0 Å². The van der Waals surface area contributed by atoms with E-state index in [9.17, 15) is 14.7 Å². The van der Waals surface area contributed by atoms with Gasteiger partial charge in [-0.15, -0.1) is 0 Å². The summed E-state index contributed by atoms with van der Waals surface area (Å²) in [6.45, 7) is 3.93. The molecule has 0 spiro atoms. The summed E-state index contributed by atoms with van der Waals surface area (Å²) in [4.78, 5) is 28.4. The van der Waals surface area contributed by atoms with Crippen LogP contribution in [0, 0.1) is 5.92 Å². The Balaban J connectivity index is 2.88. The molecule has 0 aliphatic carbocycles. The summed E-state index contributed by atoms with van der Waals surface area (Å²) in [6, 6.07) is 2.54. The molecule has 1 atom stereocenters. The van der Waals surface area contributed by atoms with E-state index in [0.29, 0.717) is 12.1 Å². The first-order valence-corrected chi connectivity index (χ1v) is 6.48. The van der Waals surface area contributed by atoms with E-state index in [1.807, 2.05) is 13.8 Å². The molecule has 0 aliphatic heterocycles. The Morgan fingerprint density at radius 1 is 1.40 bits per heavy atom. The second kappa shape index (κ2) is 6.88. The minimum atomic E-state index is -0.906. The van der Waals surface area contributed by atoms with Crippen LogP contribution in [-0.2, 0) is 4.79 Å². The smallest absolute Gasteiger partial charge is 0.326 e. The van der Waals surface area contributed by atoms with Crippen LogP contribution in [0.5, 0.6) is 0 Å². The molecule has 0 bridgehead atoms. The van der Waals surface area contributed by atoms with Gasteiger partial charge in [-0.2, -0.15) is 0 Å². The molecule has 0 aromatic carbocycles. The maximum atomic E-state index is 11.8. The lowest BCUT2D eigenvalue weighted by atomic mass is 10.0. The van der Waals surface area contributed by atoms with Crippen LogP contribution in [0.2, 0.25) is 0 Å². The molecular weight excluding hydrogens is 258 g/mol. The van der Waals surface area contributed by atoms with Gasteiger partial charge in [-0.1, -0.05) is 13.8 Å². The molecule has 0 fully saturated rings. The molecule has 1 heterocycles. The predicted molar refractivity (Wildman–Crippen MR) is 76.8 cm³/mol. The summed E-state index contributed by atoms with van der Waals surface area (Å²) in [5, 5.41) is 12.1. The minimum absolute atomic E-state index is 0.218. The topological polar surface area (TPSA) is 82.5 Å². The molecule has 2 N–H and O–H groups in total. The van der Waals surface area contributed by atoms with E-state index in [1.54, 1.807) is 26.2 Å². The number of nitrogens with zero attached hydrogens (tertiary/aromatic N) is 2. The molecule has 1 aromatic heterocycles. The summed E-state index contributed by atoms with van der Waals surface area (Å²) in [6.07, 6.45) is 2.00. The lowest BCUT2D eigenvalue weighted by molar-refractivity contribution is -0.138. The number of carboxylic acids is 1. The molecule has 0 radical (unpaired) electrons. The lowest BCUT2D eigenvalue weighted by Crippen LogP contribution is -2.31. The maximum absolute atomic E-state index is 11.8. The van der Waals surface area contributed by atoms with Crippen molar-refractivity contribution in [3.63, 3.8) is 0 Å². The van der Waals surface area contributed by atoms with Crippen molar-refractivity contribution in [1.29, 1.82) is 0 Å². The van der Waals surface area contributed by atoms with Crippen LogP contribution in [-0.4, -0.2) is 47.0 Å². The largest absolute Gasteiger partial charge is 0.480 e. The average Bonchev–Trinajstić information content (AvgIpc) is 2.36. The van der Waals surface area contributed by atoms with Gasteiger partial charge in [0.05, 0.1) is 0 Å². The van der Waals surface area contributed by atoms with Crippen molar-refractivity contribution in [1.82, 2.24) is 9.88 Å². The Morgan fingerprint density at radius 3 is 2.55 bits per heavy atom. The van der Waals surface area contributed by atoms with Gasteiger partial charge in [-0.05, 0) is 24.5 Å². The molecule has 0 saturated carbocycles. The van der Waals surface area contributed by atoms with Crippen molar-refractivity contribution in [2.24, 2.45) is 5.92 Å². The van der Waals surface area contributed by atoms with Gasteiger partial charge in [0.2, 0.25) is 0 Å². The van der Waals surface area contributed by atoms with Gasteiger partial charge in [-0.3, -0.25) is 9.78 Å². The number of carbonyl (C=O) groups is 2. The Labute approximate surface area is 118 Å². The minimum Gasteiger partial charge on any atom is -0.480 e. The van der Waals surface area contributed by atoms with Crippen LogP contribution in [0.1, 0.15) is 30.8 Å². The molecule has 1 aromatic rings. The number of aliphatic carboxylic acids is 1. The fourth-order valence-corrected chi connectivity index (χ4v) is 1.76. The highest BCUT2D eigenvalue weighted by atomic mass is 16.4. The van der Waals surface area contributed by atoms with Gasteiger partial charge in [0.15, 0.2) is 0 Å². The third kappa shape index (κ3) is 4.53. The number of carboxylic acid groups (broad SMARTS) is 1. The number of carbonyl (C=O) groups excluding carboxylic acids is 1. The van der Waals surface area contributed by atoms with Crippen molar-refractivity contribution >= 4 is 17.6 Å². The first-order chi connectivity index (χ1) is 9.31. The van der Waals surface area contributed by atoms with Crippen molar-refractivity contribution < 1.29 is 14.7 Å². The first kappa shape index (κ1) is 15.9. The van der Waals surface area contributed by atoms with Gasteiger partial charge < -0.3 is 15.3 Å². The summed E-state index contributed by atoms with van der Waals surface area (Å²) >= 11 is 0. The van der Waals surface area contributed by atoms with E-state index in [0.717, 1.165) is 0 Å². The second-order valence-electron chi connectivity index (χ2n) is 5.29. The number of nitrogens with one attached hydrogen (secondary N) is 1. The standard InChI is InChI=1S/C14H21N3O3/c1-9(2)7-12(14(19)20)16-10-5-6-15-11(8-10)13(18)17(3)4/h5-6,8-9,12H,7H2,1-4H3,(H,15,16)(H,19,20). The van der Waals surface area contributed by atoms with Gasteiger partial charge >= 0.3 is 5.97 Å². The van der Waals surface area contributed by atoms with E-state index in [2.05, 4.69) is 10.3 Å². The Morgan fingerprint density at radius 2 is 2.05 bits per heavy atom. The van der Waals surface area contributed by atoms with Crippen LogP contribution in [0.25, 0.3) is 0 Å². The molecule has 0 saturated heterocycles. The summed E-state index contributed by atoms with van der Waals surface area (Å²) in [7, 11) is 3.28. The van der Waals surface area contributed by atoms with Gasteiger partial charge in [0.1, 0.15) is 11.7 Å². The molecular formula is C14H21N3O3. The predicted octanol–water partition coefficient (Wildman–Crippen LogP) is 1.69. The van der Waals surface area contributed by atoms with Crippen LogP contribution < -0.4 is 5.32 Å². The summed E-state index contributed by atoms with van der Waals surface area (Å²) in [5.74, 6) is -0.867. The summed E-state index contributed by atoms with van der Waals surface area (Å²) < 4.78 is 0. The Bertz CT molecular complexity index is 486. The highest BCUT2D eigenvalue weighted by Crippen LogP contribution is 2.14. The Hall–Kier alpha value is -2.11. The second-order valence-corrected chi connectivity index (χ2v) is 5.29.